The molecule has 0 N–H and O–H groups in total. The number of benzene rings is 2. The zero-order chi connectivity index (χ0) is 18.1. The molecular weight excluding hydrogens is 361 g/mol. The Morgan fingerprint density at radius 1 is 1.08 bits per heavy atom. The lowest BCUT2D eigenvalue weighted by Gasteiger charge is -1.97. The minimum Gasteiger partial charge on any atom is -0.439 e. The van der Waals surface area contributed by atoms with Gasteiger partial charge in [0, 0.05) is 16.1 Å². The highest BCUT2D eigenvalue weighted by Gasteiger charge is 2.14. The zero-order valence-corrected chi connectivity index (χ0v) is 14.0. The average Bonchev–Trinajstić information content (AvgIpc) is 3.23. The fraction of sp³-hybridized carbons (Fsp3) is 0.0556. The minimum atomic E-state index is -0.660. The Morgan fingerprint density at radius 3 is 2.65 bits per heavy atom. The van der Waals surface area contributed by atoms with Crippen molar-refractivity contribution in [2.24, 2.45) is 0 Å². The van der Waals surface area contributed by atoms with E-state index in [0.29, 0.717) is 22.2 Å². The highest BCUT2D eigenvalue weighted by atomic mass is 35.5. The van der Waals surface area contributed by atoms with Gasteiger partial charge in [-0.1, -0.05) is 23.7 Å². The van der Waals surface area contributed by atoms with E-state index >= 15 is 0 Å². The van der Waals surface area contributed by atoms with Crippen molar-refractivity contribution < 1.29 is 13.2 Å². The number of nitrogens with zero attached hydrogens (tertiary/aromatic N) is 3. The third-order valence-electron chi connectivity index (χ3n) is 3.65. The Labute approximate surface area is 151 Å². The van der Waals surface area contributed by atoms with Crippen LogP contribution in [0.5, 0.6) is 0 Å². The summed E-state index contributed by atoms with van der Waals surface area (Å²) in [5.74, 6) is -0.133. The van der Waals surface area contributed by atoms with Crippen molar-refractivity contribution in [3.8, 4) is 22.8 Å². The first-order valence-electron chi connectivity index (χ1n) is 7.63. The monoisotopic (exact) mass is 371 g/mol. The molecule has 130 valence electrons. The van der Waals surface area contributed by atoms with Crippen molar-refractivity contribution in [3.05, 3.63) is 82.0 Å². The van der Waals surface area contributed by atoms with Crippen LogP contribution in [0.1, 0.15) is 5.89 Å². The van der Waals surface area contributed by atoms with Gasteiger partial charge in [0.25, 0.3) is 0 Å². The molecule has 8 heteroatoms. The van der Waals surface area contributed by atoms with Crippen LogP contribution in [0.25, 0.3) is 22.8 Å². The maximum Gasteiger partial charge on any atom is 0.437 e. The third-order valence-corrected chi connectivity index (χ3v) is 3.88. The molecule has 0 bridgehead atoms. The largest absolute Gasteiger partial charge is 0.439 e. The van der Waals surface area contributed by atoms with Gasteiger partial charge >= 0.3 is 5.76 Å². The van der Waals surface area contributed by atoms with E-state index in [9.17, 15) is 9.18 Å². The van der Waals surface area contributed by atoms with E-state index in [4.69, 9.17) is 20.4 Å². The molecule has 2 heterocycles. The summed E-state index contributed by atoms with van der Waals surface area (Å²) >= 11 is 5.97. The first-order valence-corrected chi connectivity index (χ1v) is 8.01. The van der Waals surface area contributed by atoms with Crippen molar-refractivity contribution >= 4 is 11.6 Å². The first-order chi connectivity index (χ1) is 12.6. The maximum absolute atomic E-state index is 13.0. The summed E-state index contributed by atoms with van der Waals surface area (Å²) < 4.78 is 24.8. The van der Waals surface area contributed by atoms with Crippen LogP contribution in [0, 0.1) is 5.82 Å². The van der Waals surface area contributed by atoms with Gasteiger partial charge in [-0.05, 0) is 36.4 Å². The Balaban J connectivity index is 1.58. The van der Waals surface area contributed by atoms with Crippen LogP contribution >= 0.6 is 11.6 Å². The Kier molecular flexibility index (Phi) is 4.14. The third kappa shape index (κ3) is 3.29. The molecule has 0 radical (unpaired) electrons. The van der Waals surface area contributed by atoms with Gasteiger partial charge in [0.05, 0.1) is 6.20 Å². The van der Waals surface area contributed by atoms with Gasteiger partial charge in [0.1, 0.15) is 12.4 Å². The number of aromatic nitrogens is 3. The summed E-state index contributed by atoms with van der Waals surface area (Å²) in [5.41, 5.74) is 1.27. The predicted molar refractivity (Wildman–Crippen MR) is 92.2 cm³/mol. The van der Waals surface area contributed by atoms with Crippen LogP contribution < -0.4 is 5.76 Å². The second kappa shape index (κ2) is 6.61. The molecule has 0 aliphatic carbocycles. The van der Waals surface area contributed by atoms with Crippen LogP contribution in [0.15, 0.2) is 68.4 Å². The van der Waals surface area contributed by atoms with Crippen molar-refractivity contribution in [1.29, 1.82) is 0 Å². The van der Waals surface area contributed by atoms with Gasteiger partial charge in [0.15, 0.2) is 5.76 Å². The standard InChI is InChI=1S/C18H11ClFN3O3/c19-13-3-1-2-12(8-13)15-9-21-16(25-15)10-23-18(24)26-17(22-23)11-4-6-14(20)7-5-11/h1-9H,10H2. The SMILES string of the molecule is O=c1oc(-c2ccc(F)cc2)nn1Cc1ncc(-c2cccc(Cl)c2)o1. The lowest BCUT2D eigenvalue weighted by Crippen LogP contribution is -2.16. The summed E-state index contributed by atoms with van der Waals surface area (Å²) in [7, 11) is 0. The molecule has 0 unspecified atom stereocenters. The molecule has 0 amide bonds. The number of hydrogen-bond donors (Lipinski definition) is 0. The summed E-state index contributed by atoms with van der Waals surface area (Å²) in [6, 6.07) is 12.6. The fourth-order valence-electron chi connectivity index (χ4n) is 2.40. The highest BCUT2D eigenvalue weighted by Crippen LogP contribution is 2.23. The summed E-state index contributed by atoms with van der Waals surface area (Å²) in [5, 5.41) is 4.68. The Morgan fingerprint density at radius 2 is 1.88 bits per heavy atom. The van der Waals surface area contributed by atoms with E-state index in [-0.39, 0.29) is 18.3 Å². The van der Waals surface area contributed by atoms with Gasteiger partial charge in [-0.25, -0.2) is 14.2 Å². The summed E-state index contributed by atoms with van der Waals surface area (Å²) in [4.78, 5) is 16.1. The Hall–Kier alpha value is -3.19. The second-order valence-corrected chi connectivity index (χ2v) is 5.90. The molecule has 0 saturated carbocycles. The first kappa shape index (κ1) is 16.3. The zero-order valence-electron chi connectivity index (χ0n) is 13.2. The average molecular weight is 372 g/mol. The van der Waals surface area contributed by atoms with Crippen LogP contribution in [0.2, 0.25) is 5.02 Å². The van der Waals surface area contributed by atoms with Crippen molar-refractivity contribution in [3.63, 3.8) is 0 Å². The molecular formula is C18H11ClFN3O3. The molecule has 0 spiro atoms. The van der Waals surface area contributed by atoms with Crippen LogP contribution in [-0.4, -0.2) is 14.8 Å². The fourth-order valence-corrected chi connectivity index (χ4v) is 2.59. The summed E-state index contributed by atoms with van der Waals surface area (Å²) in [6.07, 6.45) is 1.55. The molecule has 2 aromatic carbocycles. The number of oxazole rings is 1. The smallest absolute Gasteiger partial charge is 0.437 e. The van der Waals surface area contributed by atoms with Gasteiger partial charge in [-0.3, -0.25) is 0 Å². The van der Waals surface area contributed by atoms with Gasteiger partial charge in [0.2, 0.25) is 11.8 Å². The molecule has 0 aliphatic heterocycles. The number of halogens is 2. The maximum atomic E-state index is 13.0. The van der Waals surface area contributed by atoms with E-state index in [1.165, 1.54) is 24.3 Å². The minimum absolute atomic E-state index is 0.00406. The van der Waals surface area contributed by atoms with Crippen LogP contribution in [0.4, 0.5) is 4.39 Å². The molecule has 0 aliphatic rings. The molecule has 0 atom stereocenters. The predicted octanol–water partition coefficient (Wildman–Crippen LogP) is 4.00. The molecule has 0 fully saturated rings. The summed E-state index contributed by atoms with van der Waals surface area (Å²) in [6.45, 7) is 0.00406. The van der Waals surface area contributed by atoms with Crippen molar-refractivity contribution in [2.45, 2.75) is 6.54 Å². The van der Waals surface area contributed by atoms with Crippen molar-refractivity contribution in [1.82, 2.24) is 14.8 Å². The second-order valence-electron chi connectivity index (χ2n) is 5.47. The van der Waals surface area contributed by atoms with Gasteiger partial charge in [-0.15, -0.1) is 5.10 Å². The number of hydrogen-bond acceptors (Lipinski definition) is 5. The van der Waals surface area contributed by atoms with Gasteiger partial charge < -0.3 is 8.83 Å². The molecule has 4 rings (SSSR count). The van der Waals surface area contributed by atoms with Crippen molar-refractivity contribution in [2.75, 3.05) is 0 Å². The topological polar surface area (TPSA) is 74.1 Å². The molecule has 26 heavy (non-hydrogen) atoms. The van der Waals surface area contributed by atoms with Gasteiger partial charge in [-0.2, -0.15) is 4.68 Å². The lowest BCUT2D eigenvalue weighted by molar-refractivity contribution is 0.444. The molecule has 2 aromatic heterocycles. The van der Waals surface area contributed by atoms with E-state index in [1.807, 2.05) is 6.07 Å². The molecule has 6 nitrogen and oxygen atoms in total. The number of rotatable bonds is 4. The van der Waals surface area contributed by atoms with E-state index in [2.05, 4.69) is 10.1 Å². The van der Waals surface area contributed by atoms with E-state index in [1.54, 1.807) is 24.4 Å². The normalized spacial score (nSPS) is 11.0. The lowest BCUT2D eigenvalue weighted by atomic mass is 10.2. The van der Waals surface area contributed by atoms with Crippen LogP contribution in [0.3, 0.4) is 0 Å². The van der Waals surface area contributed by atoms with E-state index < -0.39 is 5.76 Å². The molecule has 4 aromatic rings. The van der Waals surface area contributed by atoms with Crippen LogP contribution in [-0.2, 0) is 6.54 Å². The molecule has 0 saturated heterocycles. The van der Waals surface area contributed by atoms with E-state index in [0.717, 1.165) is 10.2 Å². The quantitative estimate of drug-likeness (QED) is 0.542. The highest BCUT2D eigenvalue weighted by molar-refractivity contribution is 6.30. The Bertz CT molecular complexity index is 1120.